The summed E-state index contributed by atoms with van der Waals surface area (Å²) < 4.78 is 0. The molecule has 26 nitrogen and oxygen atoms in total. The van der Waals surface area contributed by atoms with E-state index in [0.717, 1.165) is 84.7 Å². The van der Waals surface area contributed by atoms with Crippen LogP contribution in [0.1, 0.15) is 150 Å². The Kier molecular flexibility index (Phi) is 49.2. The number of amides is 11. The van der Waals surface area contributed by atoms with Crippen molar-refractivity contribution < 1.29 is 52.7 Å². The SMILES string of the molecule is CCCCCCCCCCNCC(=O)N(CCN)CC(=O)N(CCc1ccccc1)CC(=O)N(CCc1ccccc1)CC(=O)N(CCN)CC(=O)N(CCc1ccccc1)CC(=O)N(CCc1ccccc1)CC(=O)N(CCN)CC(=O)N(CCc1ccccc1)CC(=O)N(CCc1ccccc1)CC(=O)N(CCCCCCCCCC)CC(N)=O. The maximum absolute atomic E-state index is 15.4. The summed E-state index contributed by atoms with van der Waals surface area (Å²) in [7, 11) is 0. The van der Waals surface area contributed by atoms with Crippen LogP contribution in [0.25, 0.3) is 0 Å². The second-order valence-corrected chi connectivity index (χ2v) is 31.5. The zero-order chi connectivity index (χ0) is 87.7. The van der Waals surface area contributed by atoms with Crippen LogP contribution < -0.4 is 28.3 Å². The average molecular weight is 1680 g/mol. The molecule has 0 radical (unpaired) electrons. The van der Waals surface area contributed by atoms with Gasteiger partial charge in [0.15, 0.2) is 0 Å². The monoisotopic (exact) mass is 1680 g/mol. The van der Waals surface area contributed by atoms with Gasteiger partial charge in [-0.25, -0.2) is 0 Å². The average Bonchev–Trinajstić information content (AvgIpc) is 0.851. The number of carbonyl (C=O) groups excluding carboxylic acids is 11. The third kappa shape index (κ3) is 40.3. The van der Waals surface area contributed by atoms with Gasteiger partial charge >= 0.3 is 0 Å². The molecular weight excluding hydrogens is 1540 g/mol. The first-order chi connectivity index (χ1) is 59.3. The molecule has 0 aliphatic heterocycles. The van der Waals surface area contributed by atoms with Gasteiger partial charge in [0.25, 0.3) is 0 Å². The number of nitrogens with two attached hydrogens (primary N) is 4. The Hall–Kier alpha value is -10.7. The quantitative estimate of drug-likeness (QED) is 0.0226. The molecule has 26 heteroatoms. The third-order valence-electron chi connectivity index (χ3n) is 21.9. The second-order valence-electron chi connectivity index (χ2n) is 31.5. The van der Waals surface area contributed by atoms with E-state index in [9.17, 15) is 19.2 Å². The lowest BCUT2D eigenvalue weighted by Gasteiger charge is -2.33. The fourth-order valence-electron chi connectivity index (χ4n) is 14.5. The van der Waals surface area contributed by atoms with E-state index in [-0.39, 0.29) is 130 Å². The van der Waals surface area contributed by atoms with Crippen molar-refractivity contribution in [3.05, 3.63) is 215 Å². The highest BCUT2D eigenvalue weighted by Crippen LogP contribution is 2.17. The van der Waals surface area contributed by atoms with Gasteiger partial charge in [-0.2, -0.15) is 0 Å². The van der Waals surface area contributed by atoms with E-state index in [4.69, 9.17) is 22.9 Å². The number of primary amides is 1. The van der Waals surface area contributed by atoms with Crippen LogP contribution in [0.3, 0.4) is 0 Å². The molecule has 6 aromatic carbocycles. The minimum absolute atomic E-state index is 0.00745. The van der Waals surface area contributed by atoms with Gasteiger partial charge < -0.3 is 77.3 Å². The van der Waals surface area contributed by atoms with Crippen molar-refractivity contribution in [3.63, 3.8) is 0 Å². The molecule has 0 saturated carbocycles. The molecule has 0 spiro atoms. The molecular formula is C96H139N15O11. The minimum atomic E-state index is -0.686. The molecule has 0 atom stereocenters. The predicted octanol–water partition coefficient (Wildman–Crippen LogP) is 7.96. The maximum Gasteiger partial charge on any atom is 0.242 e. The highest BCUT2D eigenvalue weighted by Gasteiger charge is 2.33. The first-order valence-electron chi connectivity index (χ1n) is 44.4. The minimum Gasteiger partial charge on any atom is -0.368 e. The summed E-state index contributed by atoms with van der Waals surface area (Å²) >= 11 is 0. The summed E-state index contributed by atoms with van der Waals surface area (Å²) in [5.41, 5.74) is 29.6. The molecule has 6 rings (SSSR count). The van der Waals surface area contributed by atoms with Crippen LogP contribution in [0.4, 0.5) is 0 Å². The zero-order valence-corrected chi connectivity index (χ0v) is 72.8. The Labute approximate surface area is 725 Å². The molecule has 11 amide bonds. The Balaban J connectivity index is 1.25. The number of carbonyl (C=O) groups is 11. The van der Waals surface area contributed by atoms with Crippen molar-refractivity contribution in [1.29, 1.82) is 0 Å². The number of hydrogen-bond donors (Lipinski definition) is 5. The number of rotatable bonds is 64. The molecule has 0 heterocycles. The maximum atomic E-state index is 15.4. The smallest absolute Gasteiger partial charge is 0.242 e. The van der Waals surface area contributed by atoms with Crippen LogP contribution in [-0.4, -0.2) is 278 Å². The highest BCUT2D eigenvalue weighted by atomic mass is 16.2. The highest BCUT2D eigenvalue weighted by molar-refractivity contribution is 5.95. The van der Waals surface area contributed by atoms with E-state index >= 15 is 33.6 Å². The Bertz CT molecular complexity index is 3960. The van der Waals surface area contributed by atoms with E-state index < -0.39 is 105 Å². The van der Waals surface area contributed by atoms with Crippen LogP contribution in [0, 0.1) is 0 Å². The fourth-order valence-corrected chi connectivity index (χ4v) is 14.5. The van der Waals surface area contributed by atoms with Crippen molar-refractivity contribution in [2.45, 2.75) is 155 Å². The van der Waals surface area contributed by atoms with Gasteiger partial charge in [-0.1, -0.05) is 286 Å². The summed E-state index contributed by atoms with van der Waals surface area (Å²) in [5.74, 6) is -6.15. The predicted molar refractivity (Wildman–Crippen MR) is 481 cm³/mol. The van der Waals surface area contributed by atoms with E-state index in [0.29, 0.717) is 38.6 Å². The first kappa shape index (κ1) is 100. The lowest BCUT2D eigenvalue weighted by atomic mass is 10.1. The van der Waals surface area contributed by atoms with Gasteiger partial charge in [0.1, 0.15) is 0 Å². The van der Waals surface area contributed by atoms with Gasteiger partial charge in [-0.05, 0) is 91.3 Å². The Morgan fingerprint density at radius 1 is 0.230 bits per heavy atom. The van der Waals surface area contributed by atoms with Crippen molar-refractivity contribution >= 4 is 65.0 Å². The van der Waals surface area contributed by atoms with Gasteiger partial charge in [-0.3, -0.25) is 52.7 Å². The normalized spacial score (nSPS) is 11.0. The van der Waals surface area contributed by atoms with Crippen LogP contribution in [0.5, 0.6) is 0 Å². The van der Waals surface area contributed by atoms with Crippen LogP contribution in [-0.2, 0) is 91.3 Å². The van der Waals surface area contributed by atoms with Crippen molar-refractivity contribution in [2.24, 2.45) is 22.9 Å². The molecule has 122 heavy (non-hydrogen) atoms. The van der Waals surface area contributed by atoms with E-state index in [1.165, 1.54) is 93.9 Å². The molecule has 0 aromatic heterocycles. The number of hydrogen-bond acceptors (Lipinski definition) is 15. The fraction of sp³-hybridized carbons (Fsp3) is 0.510. The first-order valence-corrected chi connectivity index (χ1v) is 44.4. The lowest BCUT2D eigenvalue weighted by Crippen LogP contribution is -2.54. The summed E-state index contributed by atoms with van der Waals surface area (Å²) in [4.78, 5) is 175. The number of nitrogens with one attached hydrogen (secondary N) is 1. The van der Waals surface area contributed by atoms with Gasteiger partial charge in [0.05, 0.1) is 72.0 Å². The van der Waals surface area contributed by atoms with E-state index in [2.05, 4.69) is 19.2 Å². The number of benzene rings is 6. The summed E-state index contributed by atoms with van der Waals surface area (Å²) in [6.07, 6.45) is 19.3. The van der Waals surface area contributed by atoms with Gasteiger partial charge in [0, 0.05) is 85.1 Å². The molecule has 0 bridgehead atoms. The number of unbranched alkanes of at least 4 members (excludes halogenated alkanes) is 14. The largest absolute Gasteiger partial charge is 0.368 e. The Morgan fingerprint density at radius 2 is 0.418 bits per heavy atom. The molecule has 664 valence electrons. The van der Waals surface area contributed by atoms with Crippen molar-refractivity contribution in [2.75, 3.05) is 164 Å². The molecule has 6 aromatic rings. The molecule has 9 N–H and O–H groups in total. The molecule has 0 aliphatic rings. The van der Waals surface area contributed by atoms with Crippen LogP contribution in [0.2, 0.25) is 0 Å². The summed E-state index contributed by atoms with van der Waals surface area (Å²) in [6.45, 7) is 0.627. The van der Waals surface area contributed by atoms with E-state index in [1.807, 2.05) is 182 Å². The summed E-state index contributed by atoms with van der Waals surface area (Å²) in [5, 5.41) is 3.25. The second kappa shape index (κ2) is 59.9. The van der Waals surface area contributed by atoms with Crippen LogP contribution >= 0.6 is 0 Å². The van der Waals surface area contributed by atoms with Crippen LogP contribution in [0.15, 0.2) is 182 Å². The molecule has 0 aliphatic carbocycles. The standard InChI is InChI=1S/C96H139N15O11/c1-3-5-7-9-11-13-15-35-58-101-69-87(113)109(66-55-97)77-92(118)104(61-50-81-39-25-18-26-40-81)72-90(116)107(64-53-84-45-31-21-32-46-84)75-95(121)111(68-57-99)79-94(120)106(63-52-83-43-29-20-30-44-83)74-91(117)108(65-54-85-47-33-22-34-48-85)76-96(122)110(67-56-98)78-93(119)105(62-51-82-41-27-19-28-42-82)73-89(115)103(60-49-80-37-23-17-24-38-80)71-88(114)102(70-86(100)112)59-36-16-14-12-10-8-6-4-2/h17-34,37-48,101H,3-16,35-36,49-79,97-99H2,1-2H3,(H2,100,112). The van der Waals surface area contributed by atoms with Gasteiger partial charge in [0.2, 0.25) is 65.0 Å². The molecule has 0 fully saturated rings. The third-order valence-corrected chi connectivity index (χ3v) is 21.9. The number of nitrogens with zero attached hydrogens (tertiary/aromatic N) is 10. The van der Waals surface area contributed by atoms with Crippen molar-refractivity contribution in [1.82, 2.24) is 54.3 Å². The molecule has 0 unspecified atom stereocenters. The van der Waals surface area contributed by atoms with Crippen molar-refractivity contribution in [3.8, 4) is 0 Å². The molecule has 0 saturated heterocycles. The lowest BCUT2D eigenvalue weighted by molar-refractivity contribution is -0.149. The summed E-state index contributed by atoms with van der Waals surface area (Å²) in [6, 6.07) is 56.5. The van der Waals surface area contributed by atoms with E-state index in [1.54, 1.807) is 0 Å². The Morgan fingerprint density at radius 3 is 0.631 bits per heavy atom. The topological polar surface area (TPSA) is 336 Å². The van der Waals surface area contributed by atoms with Gasteiger partial charge in [-0.15, -0.1) is 0 Å². The zero-order valence-electron chi connectivity index (χ0n) is 72.8.